The van der Waals surface area contributed by atoms with Crippen molar-refractivity contribution in [2.45, 2.75) is 11.8 Å². The van der Waals surface area contributed by atoms with Gasteiger partial charge in [-0.3, -0.25) is 14.4 Å². The predicted molar refractivity (Wildman–Crippen MR) is 72.3 cm³/mol. The second kappa shape index (κ2) is 6.95. The molecule has 0 unspecified atom stereocenters. The van der Waals surface area contributed by atoms with Gasteiger partial charge in [-0.15, -0.1) is 0 Å². The summed E-state index contributed by atoms with van der Waals surface area (Å²) in [5, 5.41) is 10.4. The molecule has 0 aliphatic heterocycles. The van der Waals surface area contributed by atoms with Gasteiger partial charge in [-0.2, -0.15) is 0 Å². The van der Waals surface area contributed by atoms with Crippen LogP contribution in [0.3, 0.4) is 0 Å². The minimum Gasteiger partial charge on any atom is -0.480 e. The molecule has 0 aliphatic rings. The highest BCUT2D eigenvalue weighted by atomic mass is 32.2. The van der Waals surface area contributed by atoms with Crippen molar-refractivity contribution >= 4 is 27.7 Å². The van der Waals surface area contributed by atoms with E-state index in [9.17, 15) is 22.8 Å². The van der Waals surface area contributed by atoms with Gasteiger partial charge in [0.2, 0.25) is 15.9 Å². The quantitative estimate of drug-likeness (QED) is 0.574. The van der Waals surface area contributed by atoms with Crippen molar-refractivity contribution in [1.82, 2.24) is 10.0 Å². The molecule has 114 valence electrons. The summed E-state index contributed by atoms with van der Waals surface area (Å²) in [4.78, 5) is 32.4. The smallest absolute Gasteiger partial charge is 0.322 e. The molecule has 1 aromatic carbocycles. The van der Waals surface area contributed by atoms with Crippen LogP contribution in [0.15, 0.2) is 29.2 Å². The van der Waals surface area contributed by atoms with E-state index in [1.165, 1.54) is 31.2 Å². The lowest BCUT2D eigenvalue weighted by molar-refractivity contribution is -0.137. The average molecular weight is 314 g/mol. The molecule has 0 radical (unpaired) electrons. The van der Waals surface area contributed by atoms with Crippen LogP contribution in [0.25, 0.3) is 0 Å². The summed E-state index contributed by atoms with van der Waals surface area (Å²) in [6.07, 6.45) is 0. The van der Waals surface area contributed by atoms with Crippen LogP contribution in [0.2, 0.25) is 0 Å². The number of hydrogen-bond acceptors (Lipinski definition) is 5. The molecule has 0 spiro atoms. The first kappa shape index (κ1) is 16.8. The first-order valence-corrected chi connectivity index (χ1v) is 7.30. The van der Waals surface area contributed by atoms with Gasteiger partial charge in [0, 0.05) is 5.56 Å². The summed E-state index contributed by atoms with van der Waals surface area (Å²) in [6, 6.07) is 5.21. The van der Waals surface area contributed by atoms with Crippen molar-refractivity contribution in [1.29, 1.82) is 0 Å². The molecule has 21 heavy (non-hydrogen) atoms. The maximum absolute atomic E-state index is 11.9. The molecule has 0 atom stereocenters. The van der Waals surface area contributed by atoms with Gasteiger partial charge >= 0.3 is 5.97 Å². The molecule has 0 bridgehead atoms. The van der Waals surface area contributed by atoms with E-state index < -0.39 is 35.0 Å². The highest BCUT2D eigenvalue weighted by molar-refractivity contribution is 7.89. The molecule has 9 heteroatoms. The lowest BCUT2D eigenvalue weighted by Crippen LogP contribution is -2.38. The van der Waals surface area contributed by atoms with Crippen molar-refractivity contribution in [2.75, 3.05) is 13.1 Å². The number of carboxylic acid groups (broad SMARTS) is 1. The Morgan fingerprint density at radius 1 is 1.10 bits per heavy atom. The standard InChI is InChI=1S/C12H14N2O6S/c1-8(15)9-2-4-10(5-3-9)21(19,20)14-6-11(16)13-7-12(17)18/h2-5,14H,6-7H2,1H3,(H,13,16)(H,17,18). The number of carboxylic acids is 1. The zero-order valence-corrected chi connectivity index (χ0v) is 11.9. The third-order valence-electron chi connectivity index (χ3n) is 2.43. The molecule has 1 amide bonds. The third kappa shape index (κ3) is 5.32. The van der Waals surface area contributed by atoms with Crippen molar-refractivity contribution in [2.24, 2.45) is 0 Å². The van der Waals surface area contributed by atoms with Gasteiger partial charge in [0.15, 0.2) is 5.78 Å². The van der Waals surface area contributed by atoms with Crippen LogP contribution in [0.5, 0.6) is 0 Å². The van der Waals surface area contributed by atoms with E-state index in [-0.39, 0.29) is 10.7 Å². The van der Waals surface area contributed by atoms with Crippen LogP contribution in [0.1, 0.15) is 17.3 Å². The van der Waals surface area contributed by atoms with Crippen molar-refractivity contribution in [3.63, 3.8) is 0 Å². The fourth-order valence-electron chi connectivity index (χ4n) is 1.35. The summed E-state index contributed by atoms with van der Waals surface area (Å²) in [7, 11) is -3.91. The first-order chi connectivity index (χ1) is 9.72. The Morgan fingerprint density at radius 3 is 2.14 bits per heavy atom. The SMILES string of the molecule is CC(=O)c1ccc(S(=O)(=O)NCC(=O)NCC(=O)O)cc1. The Labute approximate surface area is 121 Å². The maximum Gasteiger partial charge on any atom is 0.322 e. The lowest BCUT2D eigenvalue weighted by Gasteiger charge is -2.07. The summed E-state index contributed by atoms with van der Waals surface area (Å²) < 4.78 is 25.8. The number of aliphatic carboxylic acids is 1. The summed E-state index contributed by atoms with van der Waals surface area (Å²) in [6.45, 7) is 0.187. The fourth-order valence-corrected chi connectivity index (χ4v) is 2.33. The van der Waals surface area contributed by atoms with Gasteiger partial charge in [0.25, 0.3) is 0 Å². The number of rotatable bonds is 7. The molecule has 0 aliphatic carbocycles. The number of carbonyl (C=O) groups excluding carboxylic acids is 2. The molecule has 1 rings (SSSR count). The van der Waals surface area contributed by atoms with Gasteiger partial charge in [0.1, 0.15) is 6.54 Å². The van der Waals surface area contributed by atoms with Gasteiger partial charge in [-0.05, 0) is 19.1 Å². The number of nitrogens with one attached hydrogen (secondary N) is 2. The number of sulfonamides is 1. The van der Waals surface area contributed by atoms with E-state index >= 15 is 0 Å². The summed E-state index contributed by atoms with van der Waals surface area (Å²) in [5.41, 5.74) is 0.369. The molecule has 0 saturated carbocycles. The van der Waals surface area contributed by atoms with Crippen LogP contribution in [0.4, 0.5) is 0 Å². The minimum atomic E-state index is -3.91. The lowest BCUT2D eigenvalue weighted by atomic mass is 10.2. The van der Waals surface area contributed by atoms with E-state index in [2.05, 4.69) is 0 Å². The zero-order chi connectivity index (χ0) is 16.0. The Morgan fingerprint density at radius 2 is 1.67 bits per heavy atom. The van der Waals surface area contributed by atoms with E-state index in [0.29, 0.717) is 5.56 Å². The number of amides is 1. The first-order valence-electron chi connectivity index (χ1n) is 5.81. The molecule has 3 N–H and O–H groups in total. The molecule has 0 saturated heterocycles. The van der Waals surface area contributed by atoms with E-state index in [1.54, 1.807) is 0 Å². The molecule has 0 heterocycles. The molecule has 0 aromatic heterocycles. The van der Waals surface area contributed by atoms with Crippen molar-refractivity contribution in [3.05, 3.63) is 29.8 Å². The number of hydrogen-bond donors (Lipinski definition) is 3. The molecule has 0 fully saturated rings. The Kier molecular flexibility index (Phi) is 5.56. The Bertz CT molecular complexity index is 651. The largest absolute Gasteiger partial charge is 0.480 e. The summed E-state index contributed by atoms with van der Waals surface area (Å²) >= 11 is 0. The van der Waals surface area contributed by atoms with Gasteiger partial charge in [0.05, 0.1) is 11.4 Å². The number of Topliss-reactive ketones (excluding diaryl/α,β-unsaturated/α-hetero) is 1. The van der Waals surface area contributed by atoms with Gasteiger partial charge < -0.3 is 10.4 Å². The Balaban J connectivity index is 2.67. The highest BCUT2D eigenvalue weighted by Crippen LogP contribution is 2.10. The fraction of sp³-hybridized carbons (Fsp3) is 0.250. The van der Waals surface area contributed by atoms with Crippen molar-refractivity contribution < 1.29 is 27.9 Å². The maximum atomic E-state index is 11.9. The van der Waals surface area contributed by atoms with Crippen LogP contribution >= 0.6 is 0 Å². The molecular formula is C12H14N2O6S. The second-order valence-electron chi connectivity index (χ2n) is 4.08. The van der Waals surface area contributed by atoms with Crippen LogP contribution in [-0.2, 0) is 19.6 Å². The zero-order valence-electron chi connectivity index (χ0n) is 11.1. The second-order valence-corrected chi connectivity index (χ2v) is 5.84. The van der Waals surface area contributed by atoms with Gasteiger partial charge in [-0.1, -0.05) is 12.1 Å². The van der Waals surface area contributed by atoms with Crippen LogP contribution < -0.4 is 10.0 Å². The number of ketones is 1. The predicted octanol–water partition coefficient (Wildman–Crippen LogP) is -0.632. The molecule has 1 aromatic rings. The monoisotopic (exact) mass is 314 g/mol. The third-order valence-corrected chi connectivity index (χ3v) is 3.85. The minimum absolute atomic E-state index is 0.0986. The van der Waals surface area contributed by atoms with E-state index in [1.807, 2.05) is 10.0 Å². The number of carbonyl (C=O) groups is 3. The van der Waals surface area contributed by atoms with Gasteiger partial charge in [-0.25, -0.2) is 13.1 Å². The normalized spacial score (nSPS) is 10.9. The van der Waals surface area contributed by atoms with E-state index in [0.717, 1.165) is 0 Å². The van der Waals surface area contributed by atoms with Crippen LogP contribution in [-0.4, -0.2) is 44.3 Å². The summed E-state index contributed by atoms with van der Waals surface area (Å²) in [5.74, 6) is -2.19. The molecule has 8 nitrogen and oxygen atoms in total. The van der Waals surface area contributed by atoms with Crippen molar-refractivity contribution in [3.8, 4) is 0 Å². The highest BCUT2D eigenvalue weighted by Gasteiger charge is 2.16. The Hall–Kier alpha value is -2.26. The van der Waals surface area contributed by atoms with Crippen LogP contribution in [0, 0.1) is 0 Å². The number of benzene rings is 1. The van der Waals surface area contributed by atoms with E-state index in [4.69, 9.17) is 5.11 Å². The average Bonchev–Trinajstić information content (AvgIpc) is 2.43. The topological polar surface area (TPSA) is 130 Å². The molecular weight excluding hydrogens is 300 g/mol.